The van der Waals surface area contributed by atoms with Crippen LogP contribution in [-0.2, 0) is 6.54 Å². The molecule has 0 radical (unpaired) electrons. The molecule has 1 aromatic carbocycles. The van der Waals surface area contributed by atoms with Crippen LogP contribution in [0, 0.1) is 13.8 Å². The molecule has 0 aliphatic heterocycles. The molecule has 94 valence electrons. The van der Waals surface area contributed by atoms with Crippen LogP contribution in [0.15, 0.2) is 24.3 Å². The van der Waals surface area contributed by atoms with Gasteiger partial charge in [-0.3, -0.25) is 4.79 Å². The van der Waals surface area contributed by atoms with E-state index in [0.717, 1.165) is 16.3 Å². The summed E-state index contributed by atoms with van der Waals surface area (Å²) in [4.78, 5) is 16.9. The number of hydrogen-bond donors (Lipinski definition) is 1. The number of benzene rings is 1. The quantitative estimate of drug-likeness (QED) is 0.937. The standard InChI is InChI=1S/C13H13ClN2OS/c1-8-12(18-9(2)16-8)13(17)15-7-10-5-3-4-6-11(10)14/h3-6H,7H2,1-2H3,(H,15,17). The maximum Gasteiger partial charge on any atom is 0.263 e. The lowest BCUT2D eigenvalue weighted by Gasteiger charge is -2.05. The van der Waals surface area contributed by atoms with Crippen LogP contribution >= 0.6 is 22.9 Å². The summed E-state index contributed by atoms with van der Waals surface area (Å²) < 4.78 is 0. The molecule has 0 spiro atoms. The van der Waals surface area contributed by atoms with Gasteiger partial charge in [0.2, 0.25) is 0 Å². The fourth-order valence-corrected chi connectivity index (χ4v) is 2.68. The summed E-state index contributed by atoms with van der Waals surface area (Å²) >= 11 is 7.43. The maximum atomic E-state index is 12.0. The topological polar surface area (TPSA) is 42.0 Å². The monoisotopic (exact) mass is 280 g/mol. The van der Waals surface area contributed by atoms with E-state index in [1.54, 1.807) is 0 Å². The zero-order valence-electron chi connectivity index (χ0n) is 10.2. The van der Waals surface area contributed by atoms with Gasteiger partial charge in [-0.05, 0) is 25.5 Å². The van der Waals surface area contributed by atoms with Crippen molar-refractivity contribution in [3.8, 4) is 0 Å². The number of aromatic nitrogens is 1. The molecule has 0 aliphatic rings. The molecule has 0 fully saturated rings. The normalized spacial score (nSPS) is 10.4. The molecule has 0 saturated heterocycles. The molecular formula is C13H13ClN2OS. The van der Waals surface area contributed by atoms with E-state index in [1.807, 2.05) is 38.1 Å². The van der Waals surface area contributed by atoms with Crippen LogP contribution in [-0.4, -0.2) is 10.9 Å². The minimum Gasteiger partial charge on any atom is -0.347 e. The Hall–Kier alpha value is -1.39. The summed E-state index contributed by atoms with van der Waals surface area (Å²) in [7, 11) is 0. The number of thiazole rings is 1. The van der Waals surface area contributed by atoms with E-state index in [1.165, 1.54) is 11.3 Å². The van der Waals surface area contributed by atoms with Crippen LogP contribution in [0.5, 0.6) is 0 Å². The Kier molecular flexibility index (Phi) is 3.99. The Balaban J connectivity index is 2.05. The van der Waals surface area contributed by atoms with Gasteiger partial charge in [-0.1, -0.05) is 29.8 Å². The van der Waals surface area contributed by atoms with Crippen LogP contribution in [0.4, 0.5) is 0 Å². The molecule has 1 aromatic heterocycles. The van der Waals surface area contributed by atoms with E-state index < -0.39 is 0 Å². The molecular weight excluding hydrogens is 268 g/mol. The van der Waals surface area contributed by atoms with Crippen LogP contribution < -0.4 is 5.32 Å². The van der Waals surface area contributed by atoms with Gasteiger partial charge in [0.05, 0.1) is 10.7 Å². The lowest BCUT2D eigenvalue weighted by Crippen LogP contribution is -2.22. The minimum absolute atomic E-state index is 0.0991. The Morgan fingerprint density at radius 2 is 2.11 bits per heavy atom. The molecule has 0 unspecified atom stereocenters. The summed E-state index contributed by atoms with van der Waals surface area (Å²) in [6.07, 6.45) is 0. The first-order valence-corrected chi connectivity index (χ1v) is 6.73. The number of rotatable bonds is 3. The van der Waals surface area contributed by atoms with Gasteiger partial charge in [0, 0.05) is 11.6 Å². The fourth-order valence-electron chi connectivity index (χ4n) is 1.64. The van der Waals surface area contributed by atoms with Crippen molar-refractivity contribution in [2.75, 3.05) is 0 Å². The second kappa shape index (κ2) is 5.50. The lowest BCUT2D eigenvalue weighted by molar-refractivity contribution is 0.0954. The van der Waals surface area contributed by atoms with E-state index >= 15 is 0 Å². The second-order valence-corrected chi connectivity index (χ2v) is 5.53. The fraction of sp³-hybridized carbons (Fsp3) is 0.231. The highest BCUT2D eigenvalue weighted by Gasteiger charge is 2.13. The molecule has 1 amide bonds. The Bertz CT molecular complexity index is 580. The number of nitrogens with one attached hydrogen (secondary N) is 1. The van der Waals surface area contributed by atoms with Gasteiger partial charge in [-0.15, -0.1) is 11.3 Å². The number of carbonyl (C=O) groups excluding carboxylic acids is 1. The first-order valence-electron chi connectivity index (χ1n) is 5.53. The van der Waals surface area contributed by atoms with Gasteiger partial charge in [-0.25, -0.2) is 4.98 Å². The molecule has 2 aromatic rings. The molecule has 0 aliphatic carbocycles. The Morgan fingerprint density at radius 1 is 1.39 bits per heavy atom. The third kappa shape index (κ3) is 2.89. The van der Waals surface area contributed by atoms with Crippen molar-refractivity contribution in [3.63, 3.8) is 0 Å². The SMILES string of the molecule is Cc1nc(C)c(C(=O)NCc2ccccc2Cl)s1. The second-order valence-electron chi connectivity index (χ2n) is 3.92. The van der Waals surface area contributed by atoms with Crippen molar-refractivity contribution in [1.29, 1.82) is 0 Å². The highest BCUT2D eigenvalue weighted by molar-refractivity contribution is 7.13. The molecule has 0 saturated carbocycles. The van der Waals surface area contributed by atoms with Crippen LogP contribution in [0.2, 0.25) is 5.02 Å². The van der Waals surface area contributed by atoms with E-state index in [9.17, 15) is 4.79 Å². The third-order valence-electron chi connectivity index (χ3n) is 2.51. The molecule has 1 N–H and O–H groups in total. The van der Waals surface area contributed by atoms with Crippen molar-refractivity contribution in [3.05, 3.63) is 50.4 Å². The van der Waals surface area contributed by atoms with Crippen LogP contribution in [0.25, 0.3) is 0 Å². The number of aryl methyl sites for hydroxylation is 2. The maximum absolute atomic E-state index is 12.0. The van der Waals surface area contributed by atoms with Gasteiger partial charge in [0.15, 0.2) is 0 Å². The molecule has 1 heterocycles. The van der Waals surface area contributed by atoms with Gasteiger partial charge < -0.3 is 5.32 Å². The summed E-state index contributed by atoms with van der Waals surface area (Å²) in [5, 5.41) is 4.42. The zero-order valence-corrected chi connectivity index (χ0v) is 11.7. The Labute approximate surface area is 115 Å². The molecule has 2 rings (SSSR count). The summed E-state index contributed by atoms with van der Waals surface area (Å²) in [6.45, 7) is 4.16. The van der Waals surface area contributed by atoms with E-state index in [2.05, 4.69) is 10.3 Å². The van der Waals surface area contributed by atoms with Crippen molar-refractivity contribution >= 4 is 28.8 Å². The molecule has 18 heavy (non-hydrogen) atoms. The highest BCUT2D eigenvalue weighted by Crippen LogP contribution is 2.18. The number of halogens is 1. The van der Waals surface area contributed by atoms with Crippen LogP contribution in [0.3, 0.4) is 0 Å². The number of nitrogens with zero attached hydrogens (tertiary/aromatic N) is 1. The first kappa shape index (κ1) is 13.1. The number of amides is 1. The average molecular weight is 281 g/mol. The predicted octanol–water partition coefficient (Wildman–Crippen LogP) is 3.34. The number of carbonyl (C=O) groups is 1. The van der Waals surface area contributed by atoms with Crippen LogP contribution in [0.1, 0.15) is 25.9 Å². The third-order valence-corrected chi connectivity index (χ3v) is 3.95. The summed E-state index contributed by atoms with van der Waals surface area (Å²) in [5.41, 5.74) is 1.68. The van der Waals surface area contributed by atoms with Crippen molar-refractivity contribution < 1.29 is 4.79 Å². The van der Waals surface area contributed by atoms with Gasteiger partial charge in [-0.2, -0.15) is 0 Å². The molecule has 0 atom stereocenters. The van der Waals surface area contributed by atoms with Gasteiger partial charge in [0.1, 0.15) is 4.88 Å². The minimum atomic E-state index is -0.0991. The predicted molar refractivity (Wildman–Crippen MR) is 74.2 cm³/mol. The number of hydrogen-bond acceptors (Lipinski definition) is 3. The average Bonchev–Trinajstić information content (AvgIpc) is 2.67. The van der Waals surface area contributed by atoms with Gasteiger partial charge >= 0.3 is 0 Å². The zero-order chi connectivity index (χ0) is 13.1. The first-order chi connectivity index (χ1) is 8.58. The summed E-state index contributed by atoms with van der Waals surface area (Å²) in [5.74, 6) is -0.0991. The molecule has 3 nitrogen and oxygen atoms in total. The largest absolute Gasteiger partial charge is 0.347 e. The summed E-state index contributed by atoms with van der Waals surface area (Å²) in [6, 6.07) is 7.47. The molecule has 5 heteroatoms. The van der Waals surface area contributed by atoms with E-state index in [4.69, 9.17) is 11.6 Å². The molecule has 0 bridgehead atoms. The van der Waals surface area contributed by atoms with Gasteiger partial charge in [0.25, 0.3) is 5.91 Å². The van der Waals surface area contributed by atoms with E-state index in [-0.39, 0.29) is 5.91 Å². The van der Waals surface area contributed by atoms with Crippen molar-refractivity contribution in [2.24, 2.45) is 0 Å². The lowest BCUT2D eigenvalue weighted by atomic mass is 10.2. The van der Waals surface area contributed by atoms with Crippen molar-refractivity contribution in [2.45, 2.75) is 20.4 Å². The van der Waals surface area contributed by atoms with E-state index in [0.29, 0.717) is 16.4 Å². The van der Waals surface area contributed by atoms with Crippen molar-refractivity contribution in [1.82, 2.24) is 10.3 Å². The Morgan fingerprint density at radius 3 is 2.72 bits per heavy atom. The highest BCUT2D eigenvalue weighted by atomic mass is 35.5. The smallest absolute Gasteiger partial charge is 0.263 e.